The summed E-state index contributed by atoms with van der Waals surface area (Å²) in [6.45, 7) is 6.94. The second-order valence-corrected chi connectivity index (χ2v) is 7.30. The fourth-order valence-electron chi connectivity index (χ4n) is 3.57. The average molecular weight is 547 g/mol. The number of hydrogen-bond donors (Lipinski definition) is 2. The van der Waals surface area contributed by atoms with Crippen molar-refractivity contribution in [2.45, 2.75) is 13.5 Å². The third kappa shape index (κ3) is 6.78. The van der Waals surface area contributed by atoms with Gasteiger partial charge in [-0.25, -0.2) is 4.39 Å². The van der Waals surface area contributed by atoms with E-state index in [0.29, 0.717) is 31.8 Å². The minimum absolute atomic E-state index is 0. The number of methoxy groups -OCH3 is 1. The summed E-state index contributed by atoms with van der Waals surface area (Å²) < 4.78 is 24.3. The van der Waals surface area contributed by atoms with Crippen molar-refractivity contribution < 1.29 is 18.3 Å². The molecule has 0 aliphatic carbocycles. The van der Waals surface area contributed by atoms with Crippen LogP contribution >= 0.6 is 24.0 Å². The summed E-state index contributed by atoms with van der Waals surface area (Å²) in [6.07, 6.45) is 0. The molecule has 0 unspecified atom stereocenters. The summed E-state index contributed by atoms with van der Waals surface area (Å²) in [4.78, 5) is 20.6. The molecule has 2 heterocycles. The number of ether oxygens (including phenoxy) is 1. The monoisotopic (exact) mass is 547 g/mol. The predicted molar refractivity (Wildman–Crippen MR) is 129 cm³/mol. The van der Waals surface area contributed by atoms with Crippen LogP contribution in [-0.2, 0) is 16.1 Å². The van der Waals surface area contributed by atoms with Crippen molar-refractivity contribution in [3.05, 3.63) is 35.3 Å². The number of rotatable bonds is 7. The van der Waals surface area contributed by atoms with Crippen LogP contribution < -0.4 is 10.6 Å². The Morgan fingerprint density at radius 1 is 1.26 bits per heavy atom. The van der Waals surface area contributed by atoms with Gasteiger partial charge in [0, 0.05) is 57.8 Å². The van der Waals surface area contributed by atoms with Gasteiger partial charge in [0.25, 0.3) is 0 Å². The lowest BCUT2D eigenvalue weighted by atomic mass is 10.1. The van der Waals surface area contributed by atoms with Crippen molar-refractivity contribution in [3.63, 3.8) is 0 Å². The number of furan rings is 1. The van der Waals surface area contributed by atoms with Gasteiger partial charge >= 0.3 is 0 Å². The zero-order valence-electron chi connectivity index (χ0n) is 18.2. The highest BCUT2D eigenvalue weighted by molar-refractivity contribution is 14.0. The first-order valence-electron chi connectivity index (χ1n) is 10.1. The number of hydrogen-bond acceptors (Lipinski definition) is 5. The number of piperazine rings is 1. The van der Waals surface area contributed by atoms with Crippen LogP contribution in [0.15, 0.2) is 27.6 Å². The fraction of sp³-hybridized carbons (Fsp3) is 0.524. The largest absolute Gasteiger partial charge is 0.459 e. The molecule has 1 amide bonds. The molecule has 2 N–H and O–H groups in total. The smallest absolute Gasteiger partial charge is 0.234 e. The van der Waals surface area contributed by atoms with Crippen LogP contribution in [0.1, 0.15) is 11.3 Å². The van der Waals surface area contributed by atoms with Crippen LogP contribution in [0.4, 0.5) is 4.39 Å². The molecule has 2 aromatic rings. The van der Waals surface area contributed by atoms with E-state index in [1.807, 2.05) is 6.92 Å². The van der Waals surface area contributed by atoms with Gasteiger partial charge in [-0.05, 0) is 25.1 Å². The van der Waals surface area contributed by atoms with E-state index in [-0.39, 0.29) is 35.7 Å². The first kappa shape index (κ1) is 25.3. The number of fused-ring (bicyclic) bond motifs is 1. The Morgan fingerprint density at radius 3 is 2.68 bits per heavy atom. The molecule has 10 heteroatoms. The Bertz CT molecular complexity index is 897. The molecule has 1 aromatic carbocycles. The SMILES string of the molecule is CN=C(NCc1oc2ccc(F)cc2c1C)N1CCN(CC(=O)NCCOC)CC1.I. The summed E-state index contributed by atoms with van der Waals surface area (Å²) in [5.41, 5.74) is 1.61. The second kappa shape index (κ2) is 12.2. The minimum Gasteiger partial charge on any atom is -0.459 e. The van der Waals surface area contributed by atoms with Crippen LogP contribution in [0.3, 0.4) is 0 Å². The lowest BCUT2D eigenvalue weighted by molar-refractivity contribution is -0.122. The lowest BCUT2D eigenvalue weighted by Crippen LogP contribution is -2.54. The van der Waals surface area contributed by atoms with Gasteiger partial charge in [-0.1, -0.05) is 0 Å². The topological polar surface area (TPSA) is 82.3 Å². The van der Waals surface area contributed by atoms with Crippen LogP contribution in [0.2, 0.25) is 0 Å². The van der Waals surface area contributed by atoms with Gasteiger partial charge < -0.3 is 24.7 Å². The molecule has 0 spiro atoms. The van der Waals surface area contributed by atoms with E-state index >= 15 is 0 Å². The standard InChI is InChI=1S/C21H30FN5O3.HI/c1-15-17-12-16(22)4-5-18(17)30-19(15)13-25-21(23-2)27-9-7-26(8-10-27)14-20(28)24-6-11-29-3;/h4-5,12H,6-11,13-14H2,1-3H3,(H,23,25)(H,24,28);1H. The van der Waals surface area contributed by atoms with E-state index in [2.05, 4.69) is 25.4 Å². The highest BCUT2D eigenvalue weighted by Gasteiger charge is 2.21. The number of nitrogens with zero attached hydrogens (tertiary/aromatic N) is 3. The molecule has 3 rings (SSSR count). The molecule has 0 saturated carbocycles. The first-order chi connectivity index (χ1) is 14.5. The molecule has 172 valence electrons. The van der Waals surface area contributed by atoms with Crippen molar-refractivity contribution in [1.82, 2.24) is 20.4 Å². The summed E-state index contributed by atoms with van der Waals surface area (Å²) in [7, 11) is 3.36. The quantitative estimate of drug-likeness (QED) is 0.239. The Hall–Kier alpha value is -1.92. The summed E-state index contributed by atoms with van der Waals surface area (Å²) >= 11 is 0. The van der Waals surface area contributed by atoms with Crippen LogP contribution in [0.25, 0.3) is 11.0 Å². The molecule has 1 saturated heterocycles. The number of guanidine groups is 1. The Labute approximate surface area is 199 Å². The van der Waals surface area contributed by atoms with Crippen molar-refractivity contribution in [1.29, 1.82) is 0 Å². The molecule has 1 fully saturated rings. The number of benzene rings is 1. The van der Waals surface area contributed by atoms with Crippen molar-refractivity contribution in [3.8, 4) is 0 Å². The van der Waals surface area contributed by atoms with Gasteiger partial charge in [-0.2, -0.15) is 0 Å². The second-order valence-electron chi connectivity index (χ2n) is 7.30. The molecule has 0 atom stereocenters. The zero-order chi connectivity index (χ0) is 21.5. The average Bonchev–Trinajstić information content (AvgIpc) is 3.05. The Morgan fingerprint density at radius 2 is 2.00 bits per heavy atom. The molecule has 31 heavy (non-hydrogen) atoms. The minimum atomic E-state index is -0.271. The Balaban J connectivity index is 0.00000341. The van der Waals surface area contributed by atoms with E-state index in [9.17, 15) is 9.18 Å². The molecule has 1 aliphatic rings. The number of carbonyl (C=O) groups is 1. The maximum Gasteiger partial charge on any atom is 0.234 e. The van der Waals surface area contributed by atoms with Crippen LogP contribution in [0.5, 0.6) is 0 Å². The van der Waals surface area contributed by atoms with E-state index in [1.165, 1.54) is 12.1 Å². The van der Waals surface area contributed by atoms with Gasteiger partial charge in [0.15, 0.2) is 5.96 Å². The van der Waals surface area contributed by atoms with E-state index < -0.39 is 0 Å². The number of halogens is 2. The van der Waals surface area contributed by atoms with Gasteiger partial charge in [-0.15, -0.1) is 24.0 Å². The first-order valence-corrected chi connectivity index (χ1v) is 10.1. The fourth-order valence-corrected chi connectivity index (χ4v) is 3.57. The molecule has 0 radical (unpaired) electrons. The number of nitrogens with one attached hydrogen (secondary N) is 2. The van der Waals surface area contributed by atoms with Gasteiger partial charge in [0.2, 0.25) is 5.91 Å². The maximum atomic E-state index is 13.5. The Kier molecular flexibility index (Phi) is 9.97. The van der Waals surface area contributed by atoms with Gasteiger partial charge in [0.05, 0.1) is 19.7 Å². The molecule has 1 aliphatic heterocycles. The highest BCUT2D eigenvalue weighted by atomic mass is 127. The highest BCUT2D eigenvalue weighted by Crippen LogP contribution is 2.25. The van der Waals surface area contributed by atoms with Crippen molar-refractivity contribution >= 4 is 46.8 Å². The number of carbonyl (C=O) groups excluding carboxylic acids is 1. The maximum absolute atomic E-state index is 13.5. The van der Waals surface area contributed by atoms with Crippen molar-refractivity contribution in [2.24, 2.45) is 4.99 Å². The van der Waals surface area contributed by atoms with E-state index in [4.69, 9.17) is 9.15 Å². The lowest BCUT2D eigenvalue weighted by Gasteiger charge is -2.36. The van der Waals surface area contributed by atoms with Gasteiger partial charge in [0.1, 0.15) is 17.2 Å². The summed E-state index contributed by atoms with van der Waals surface area (Å²) in [5.74, 6) is 1.29. The normalized spacial score (nSPS) is 15.1. The summed E-state index contributed by atoms with van der Waals surface area (Å²) in [5, 5.41) is 6.97. The molecular formula is C21H31FIN5O3. The molecule has 8 nitrogen and oxygen atoms in total. The van der Waals surface area contributed by atoms with Crippen molar-refractivity contribution in [2.75, 3.05) is 60.0 Å². The summed E-state index contributed by atoms with van der Waals surface area (Å²) in [6, 6.07) is 4.55. The number of aliphatic imine (C=N–C) groups is 1. The van der Waals surface area contributed by atoms with Gasteiger partial charge in [-0.3, -0.25) is 14.7 Å². The van der Waals surface area contributed by atoms with Crippen LogP contribution in [-0.4, -0.2) is 81.7 Å². The third-order valence-corrected chi connectivity index (χ3v) is 5.28. The van der Waals surface area contributed by atoms with Crippen LogP contribution in [0, 0.1) is 12.7 Å². The number of aryl methyl sites for hydroxylation is 1. The van der Waals surface area contributed by atoms with E-state index in [0.717, 1.165) is 48.8 Å². The third-order valence-electron chi connectivity index (χ3n) is 5.28. The predicted octanol–water partition coefficient (Wildman–Crippen LogP) is 1.95. The molecule has 1 aromatic heterocycles. The molecular weight excluding hydrogens is 516 g/mol. The zero-order valence-corrected chi connectivity index (χ0v) is 20.6. The number of amides is 1. The van der Waals surface area contributed by atoms with E-state index in [1.54, 1.807) is 20.2 Å². The molecule has 0 bridgehead atoms.